The van der Waals surface area contributed by atoms with Crippen molar-refractivity contribution in [2.45, 2.75) is 51.5 Å². The Kier molecular flexibility index (Phi) is 2.88. The van der Waals surface area contributed by atoms with Crippen molar-refractivity contribution in [2.24, 2.45) is 28.4 Å². The molecule has 3 nitrogen and oxygen atoms in total. The van der Waals surface area contributed by atoms with E-state index in [0.29, 0.717) is 10.8 Å². The molecule has 5 rings (SSSR count). The van der Waals surface area contributed by atoms with Gasteiger partial charge in [-0.15, -0.1) is 0 Å². The highest BCUT2D eigenvalue weighted by Crippen LogP contribution is 2.67. The summed E-state index contributed by atoms with van der Waals surface area (Å²) in [5.41, 5.74) is 8.77. The maximum atomic E-state index is 6.78. The van der Waals surface area contributed by atoms with E-state index in [4.69, 9.17) is 10.5 Å². The van der Waals surface area contributed by atoms with Crippen LogP contribution in [0.4, 0.5) is 0 Å². The monoisotopic (exact) mass is 286 g/mol. The van der Waals surface area contributed by atoms with Gasteiger partial charge in [0, 0.05) is 12.2 Å². The van der Waals surface area contributed by atoms with Crippen molar-refractivity contribution in [3.8, 4) is 5.75 Å². The number of nitrogens with two attached hydrogens (primary N) is 1. The van der Waals surface area contributed by atoms with Crippen LogP contribution >= 0.6 is 0 Å². The van der Waals surface area contributed by atoms with Gasteiger partial charge in [-0.2, -0.15) is 0 Å². The standard InChI is InChI=1S/C18H26N2O/c1-17-5-12-3-13(6-17)8-18(7-12,11-17)16(19)14-4-15(21-2)10-20-9-14/h4,9-10,12-13,16H,3,5-8,11,19H2,1-2H3. The Bertz CT molecular complexity index is 542. The van der Waals surface area contributed by atoms with Gasteiger partial charge in [-0.25, -0.2) is 0 Å². The SMILES string of the molecule is COc1cncc(C(N)C23CC4CC(CC(C)(C4)C2)C3)c1. The minimum absolute atomic E-state index is 0.102. The second-order valence-electron chi connectivity index (χ2n) is 8.27. The maximum absolute atomic E-state index is 6.78. The first-order chi connectivity index (χ1) is 10.0. The number of nitrogens with zero attached hydrogens (tertiary/aromatic N) is 1. The minimum atomic E-state index is 0.102. The fourth-order valence-electron chi connectivity index (χ4n) is 6.23. The lowest BCUT2D eigenvalue weighted by Gasteiger charge is -2.63. The number of rotatable bonds is 3. The van der Waals surface area contributed by atoms with Gasteiger partial charge < -0.3 is 10.5 Å². The molecule has 1 heterocycles. The van der Waals surface area contributed by atoms with Crippen molar-refractivity contribution < 1.29 is 4.74 Å². The van der Waals surface area contributed by atoms with Gasteiger partial charge in [-0.05, 0) is 72.8 Å². The molecule has 4 aliphatic rings. The fourth-order valence-corrected chi connectivity index (χ4v) is 6.23. The molecular formula is C18H26N2O. The average Bonchev–Trinajstić information content (AvgIpc) is 2.44. The quantitative estimate of drug-likeness (QED) is 0.921. The summed E-state index contributed by atoms with van der Waals surface area (Å²) in [6, 6.07) is 2.18. The Morgan fingerprint density at radius 2 is 1.95 bits per heavy atom. The van der Waals surface area contributed by atoms with Crippen molar-refractivity contribution >= 4 is 0 Å². The molecule has 0 aromatic carbocycles. The normalized spacial score (nSPS) is 42.0. The van der Waals surface area contributed by atoms with Crippen molar-refractivity contribution in [1.82, 2.24) is 4.98 Å². The predicted molar refractivity (Wildman–Crippen MR) is 82.9 cm³/mol. The Hall–Kier alpha value is -1.09. The smallest absolute Gasteiger partial charge is 0.137 e. The van der Waals surface area contributed by atoms with E-state index in [0.717, 1.165) is 23.1 Å². The summed E-state index contributed by atoms with van der Waals surface area (Å²) in [5, 5.41) is 0. The van der Waals surface area contributed by atoms with Crippen LogP contribution in [0, 0.1) is 22.7 Å². The van der Waals surface area contributed by atoms with Crippen LogP contribution in [0.5, 0.6) is 5.75 Å². The van der Waals surface area contributed by atoms with Gasteiger partial charge in [0.2, 0.25) is 0 Å². The van der Waals surface area contributed by atoms with E-state index >= 15 is 0 Å². The van der Waals surface area contributed by atoms with Crippen LogP contribution in [0.3, 0.4) is 0 Å². The van der Waals surface area contributed by atoms with Gasteiger partial charge >= 0.3 is 0 Å². The van der Waals surface area contributed by atoms with Gasteiger partial charge in [0.15, 0.2) is 0 Å². The van der Waals surface area contributed by atoms with Crippen LogP contribution in [0.15, 0.2) is 18.5 Å². The zero-order valence-electron chi connectivity index (χ0n) is 13.1. The van der Waals surface area contributed by atoms with E-state index in [1.807, 2.05) is 6.20 Å². The molecular weight excluding hydrogens is 260 g/mol. The molecule has 21 heavy (non-hydrogen) atoms. The van der Waals surface area contributed by atoms with Gasteiger partial charge in [0.05, 0.1) is 13.3 Å². The maximum Gasteiger partial charge on any atom is 0.137 e. The number of aromatic nitrogens is 1. The molecule has 2 N–H and O–H groups in total. The van der Waals surface area contributed by atoms with Gasteiger partial charge in [-0.1, -0.05) is 6.92 Å². The van der Waals surface area contributed by atoms with Gasteiger partial charge in [0.25, 0.3) is 0 Å². The summed E-state index contributed by atoms with van der Waals surface area (Å²) in [4.78, 5) is 4.32. The zero-order valence-corrected chi connectivity index (χ0v) is 13.1. The zero-order chi connectivity index (χ0) is 14.7. The number of pyridine rings is 1. The highest BCUT2D eigenvalue weighted by Gasteiger charge is 2.57. The molecule has 0 spiro atoms. The molecule has 3 atom stereocenters. The Morgan fingerprint density at radius 3 is 2.57 bits per heavy atom. The molecule has 0 saturated heterocycles. The number of hydrogen-bond acceptors (Lipinski definition) is 3. The number of methoxy groups -OCH3 is 1. The van der Waals surface area contributed by atoms with Crippen LogP contribution in [-0.4, -0.2) is 12.1 Å². The first kappa shape index (κ1) is 13.6. The molecule has 1 aromatic rings. The van der Waals surface area contributed by atoms with Crippen molar-refractivity contribution in [2.75, 3.05) is 7.11 Å². The average molecular weight is 286 g/mol. The molecule has 1 aromatic heterocycles. The minimum Gasteiger partial charge on any atom is -0.495 e. The lowest BCUT2D eigenvalue weighted by atomic mass is 9.43. The Labute approximate surface area is 127 Å². The Balaban J connectivity index is 1.68. The van der Waals surface area contributed by atoms with Crippen molar-refractivity contribution in [3.05, 3.63) is 24.0 Å². The largest absolute Gasteiger partial charge is 0.495 e. The van der Waals surface area contributed by atoms with Crippen LogP contribution < -0.4 is 10.5 Å². The van der Waals surface area contributed by atoms with E-state index < -0.39 is 0 Å². The van der Waals surface area contributed by atoms with Crippen LogP contribution in [0.1, 0.15) is 57.1 Å². The summed E-state index contributed by atoms with van der Waals surface area (Å²) < 4.78 is 5.33. The molecule has 4 saturated carbocycles. The van der Waals surface area contributed by atoms with Crippen molar-refractivity contribution in [1.29, 1.82) is 0 Å². The highest BCUT2D eigenvalue weighted by molar-refractivity contribution is 5.28. The third kappa shape index (κ3) is 2.09. The fraction of sp³-hybridized carbons (Fsp3) is 0.722. The molecule has 0 aliphatic heterocycles. The third-order valence-electron chi connectivity index (χ3n) is 6.39. The molecule has 0 radical (unpaired) electrons. The second-order valence-corrected chi connectivity index (χ2v) is 8.27. The predicted octanol–water partition coefficient (Wildman–Crippen LogP) is 3.70. The van der Waals surface area contributed by atoms with E-state index in [1.165, 1.54) is 38.5 Å². The highest BCUT2D eigenvalue weighted by atomic mass is 16.5. The summed E-state index contributed by atoms with van der Waals surface area (Å²) >= 11 is 0. The van der Waals surface area contributed by atoms with E-state index in [1.54, 1.807) is 13.3 Å². The van der Waals surface area contributed by atoms with E-state index in [9.17, 15) is 0 Å². The van der Waals surface area contributed by atoms with E-state index in [2.05, 4.69) is 18.0 Å². The first-order valence-electron chi connectivity index (χ1n) is 8.26. The van der Waals surface area contributed by atoms with E-state index in [-0.39, 0.29) is 6.04 Å². The first-order valence-corrected chi connectivity index (χ1v) is 8.26. The summed E-state index contributed by atoms with van der Waals surface area (Å²) in [7, 11) is 1.69. The van der Waals surface area contributed by atoms with Crippen LogP contribution in [-0.2, 0) is 0 Å². The third-order valence-corrected chi connectivity index (χ3v) is 6.39. The molecule has 4 fully saturated rings. The molecule has 3 unspecified atom stereocenters. The van der Waals surface area contributed by atoms with Crippen molar-refractivity contribution in [3.63, 3.8) is 0 Å². The topological polar surface area (TPSA) is 48.1 Å². The summed E-state index contributed by atoms with van der Waals surface area (Å²) in [6.07, 6.45) is 11.9. The molecule has 114 valence electrons. The molecule has 4 aliphatic carbocycles. The van der Waals surface area contributed by atoms with Crippen LogP contribution in [0.2, 0.25) is 0 Å². The molecule has 3 heteroatoms. The molecule has 0 amide bonds. The van der Waals surface area contributed by atoms with Gasteiger partial charge in [-0.3, -0.25) is 4.98 Å². The lowest BCUT2D eigenvalue weighted by molar-refractivity contribution is -0.113. The summed E-state index contributed by atoms with van der Waals surface area (Å²) in [6.45, 7) is 2.50. The lowest BCUT2D eigenvalue weighted by Crippen LogP contribution is -2.54. The number of ether oxygens (including phenoxy) is 1. The van der Waals surface area contributed by atoms with Crippen LogP contribution in [0.25, 0.3) is 0 Å². The molecule has 4 bridgehead atoms. The summed E-state index contributed by atoms with van der Waals surface area (Å²) in [5.74, 6) is 2.63. The van der Waals surface area contributed by atoms with Gasteiger partial charge in [0.1, 0.15) is 5.75 Å². The Morgan fingerprint density at radius 1 is 1.24 bits per heavy atom. The number of hydrogen-bond donors (Lipinski definition) is 1. The second kappa shape index (κ2) is 4.45.